The third-order valence-corrected chi connectivity index (χ3v) is 5.20. The highest BCUT2D eigenvalue weighted by atomic mass is 35.5. The smallest absolute Gasteiger partial charge is 0.125 e. The second kappa shape index (κ2) is 8.48. The molecule has 28 heavy (non-hydrogen) atoms. The lowest BCUT2D eigenvalue weighted by Gasteiger charge is -2.02. The first-order valence-corrected chi connectivity index (χ1v) is 9.83. The molecule has 0 aliphatic carbocycles. The molecule has 0 saturated carbocycles. The summed E-state index contributed by atoms with van der Waals surface area (Å²) in [6.07, 6.45) is 7.00. The van der Waals surface area contributed by atoms with Gasteiger partial charge in [-0.25, -0.2) is 9.97 Å². The summed E-state index contributed by atoms with van der Waals surface area (Å²) < 4.78 is 0. The van der Waals surface area contributed by atoms with Crippen LogP contribution in [0, 0.1) is 0 Å². The minimum atomic E-state index is 0.542. The summed E-state index contributed by atoms with van der Waals surface area (Å²) in [6, 6.07) is 14.8. The molecule has 0 fully saturated rings. The highest BCUT2D eigenvalue weighted by molar-refractivity contribution is 7.18. The number of hydrazone groups is 1. The summed E-state index contributed by atoms with van der Waals surface area (Å²) in [7, 11) is 0. The molecule has 1 aromatic carbocycles. The van der Waals surface area contributed by atoms with E-state index in [1.54, 1.807) is 48.1 Å². The highest BCUT2D eigenvalue weighted by Gasteiger charge is 2.08. The van der Waals surface area contributed by atoms with Crippen LogP contribution in [0.15, 0.2) is 72.2 Å². The average Bonchev–Trinajstić information content (AvgIpc) is 3.19. The fraction of sp³-hybridized carbons (Fsp3) is 0. The van der Waals surface area contributed by atoms with Crippen molar-refractivity contribution < 1.29 is 0 Å². The Morgan fingerprint density at radius 3 is 2.64 bits per heavy atom. The van der Waals surface area contributed by atoms with Crippen LogP contribution < -0.4 is 5.43 Å². The maximum atomic E-state index is 5.98. The Morgan fingerprint density at radius 1 is 1.00 bits per heavy atom. The van der Waals surface area contributed by atoms with Crippen LogP contribution in [0.4, 0.5) is 5.69 Å². The van der Waals surface area contributed by atoms with E-state index in [1.165, 1.54) is 0 Å². The van der Waals surface area contributed by atoms with E-state index in [0.717, 1.165) is 26.8 Å². The molecular formula is C20H13Cl2N5S. The van der Waals surface area contributed by atoms with E-state index in [0.29, 0.717) is 15.7 Å². The molecule has 0 bridgehead atoms. The number of anilines is 1. The van der Waals surface area contributed by atoms with Crippen LogP contribution in [0.3, 0.4) is 0 Å². The van der Waals surface area contributed by atoms with Gasteiger partial charge in [-0.2, -0.15) is 5.10 Å². The summed E-state index contributed by atoms with van der Waals surface area (Å²) >= 11 is 13.5. The third-order valence-electron chi connectivity index (χ3n) is 3.69. The third kappa shape index (κ3) is 4.54. The summed E-state index contributed by atoms with van der Waals surface area (Å²) in [5.41, 5.74) is 6.15. The van der Waals surface area contributed by atoms with Crippen molar-refractivity contribution in [3.63, 3.8) is 0 Å². The van der Waals surface area contributed by atoms with Crippen LogP contribution in [0.25, 0.3) is 21.1 Å². The largest absolute Gasteiger partial charge is 0.278 e. The number of nitrogens with zero attached hydrogens (tertiary/aromatic N) is 4. The highest BCUT2D eigenvalue weighted by Crippen LogP contribution is 2.30. The molecule has 1 N–H and O–H groups in total. The van der Waals surface area contributed by atoms with Crippen LogP contribution in [0.1, 0.15) is 5.69 Å². The Hall–Kier alpha value is -2.80. The Morgan fingerprint density at radius 2 is 1.86 bits per heavy atom. The van der Waals surface area contributed by atoms with Crippen molar-refractivity contribution in [2.45, 2.75) is 0 Å². The van der Waals surface area contributed by atoms with Gasteiger partial charge < -0.3 is 0 Å². The van der Waals surface area contributed by atoms with Crippen molar-refractivity contribution in [2.75, 3.05) is 5.43 Å². The van der Waals surface area contributed by atoms with Gasteiger partial charge in [-0.05, 0) is 42.5 Å². The molecule has 0 unspecified atom stereocenters. The Kier molecular flexibility index (Phi) is 5.62. The predicted molar refractivity (Wildman–Crippen MR) is 116 cm³/mol. The summed E-state index contributed by atoms with van der Waals surface area (Å²) in [5, 5.41) is 6.20. The van der Waals surface area contributed by atoms with E-state index in [2.05, 4.69) is 25.5 Å². The van der Waals surface area contributed by atoms with Gasteiger partial charge >= 0.3 is 0 Å². The minimum Gasteiger partial charge on any atom is -0.278 e. The topological polar surface area (TPSA) is 63.1 Å². The van der Waals surface area contributed by atoms with Crippen molar-refractivity contribution in [2.24, 2.45) is 5.10 Å². The van der Waals surface area contributed by atoms with E-state index in [4.69, 9.17) is 23.2 Å². The van der Waals surface area contributed by atoms with Crippen LogP contribution in [-0.2, 0) is 0 Å². The van der Waals surface area contributed by atoms with Crippen LogP contribution in [0.5, 0.6) is 0 Å². The lowest BCUT2D eigenvalue weighted by molar-refractivity contribution is 1.28. The number of hydrogen-bond donors (Lipinski definition) is 1. The zero-order valence-electron chi connectivity index (χ0n) is 14.4. The number of pyridine rings is 2. The lowest BCUT2D eigenvalue weighted by Crippen LogP contribution is -1.94. The summed E-state index contributed by atoms with van der Waals surface area (Å²) in [4.78, 5) is 14.2. The molecule has 8 heteroatoms. The van der Waals surface area contributed by atoms with Gasteiger partial charge in [-0.1, -0.05) is 29.3 Å². The number of nitrogens with one attached hydrogen (secondary N) is 1. The molecule has 0 radical (unpaired) electrons. The van der Waals surface area contributed by atoms with E-state index in [-0.39, 0.29) is 0 Å². The predicted octanol–water partition coefficient (Wildman–Crippen LogP) is 6.02. The first kappa shape index (κ1) is 18.6. The second-order valence-electron chi connectivity index (χ2n) is 5.75. The monoisotopic (exact) mass is 425 g/mol. The molecule has 4 aromatic rings. The molecular weight excluding hydrogens is 413 g/mol. The number of thiazole rings is 1. The van der Waals surface area contributed by atoms with Gasteiger partial charge in [0.1, 0.15) is 5.01 Å². The molecule has 0 amide bonds. The zero-order chi connectivity index (χ0) is 19.3. The SMILES string of the molecule is Clc1cc(Cl)cc(N/N=C/c2cccc(-c3cnc(-c4cccnc4)s3)n2)c1. The van der Waals surface area contributed by atoms with Crippen LogP contribution >= 0.6 is 34.5 Å². The van der Waals surface area contributed by atoms with E-state index >= 15 is 0 Å². The maximum Gasteiger partial charge on any atom is 0.125 e. The summed E-state index contributed by atoms with van der Waals surface area (Å²) in [6.45, 7) is 0. The molecule has 3 aromatic heterocycles. The number of rotatable bonds is 5. The quantitative estimate of drug-likeness (QED) is 0.313. The van der Waals surface area contributed by atoms with Gasteiger partial charge in [0.25, 0.3) is 0 Å². The Balaban J connectivity index is 1.51. The molecule has 0 atom stereocenters. The molecule has 4 rings (SSSR count). The van der Waals surface area contributed by atoms with Gasteiger partial charge in [-0.15, -0.1) is 11.3 Å². The van der Waals surface area contributed by atoms with Crippen molar-refractivity contribution >= 4 is 46.4 Å². The van der Waals surface area contributed by atoms with Gasteiger partial charge in [0.15, 0.2) is 0 Å². The minimum absolute atomic E-state index is 0.542. The lowest BCUT2D eigenvalue weighted by atomic mass is 10.3. The maximum absolute atomic E-state index is 5.98. The van der Waals surface area contributed by atoms with Gasteiger partial charge in [-0.3, -0.25) is 10.4 Å². The number of benzene rings is 1. The number of aromatic nitrogens is 3. The van der Waals surface area contributed by atoms with Crippen molar-refractivity contribution in [3.8, 4) is 21.1 Å². The molecule has 138 valence electrons. The second-order valence-corrected chi connectivity index (χ2v) is 7.65. The van der Waals surface area contributed by atoms with Crippen molar-refractivity contribution in [1.82, 2.24) is 15.0 Å². The van der Waals surface area contributed by atoms with Crippen LogP contribution in [-0.4, -0.2) is 21.2 Å². The van der Waals surface area contributed by atoms with Gasteiger partial charge in [0.2, 0.25) is 0 Å². The van der Waals surface area contributed by atoms with Gasteiger partial charge in [0, 0.05) is 34.2 Å². The Labute approximate surface area is 175 Å². The molecule has 3 heterocycles. The summed E-state index contributed by atoms with van der Waals surface area (Å²) in [5.74, 6) is 0. The first-order chi connectivity index (χ1) is 13.7. The Bertz CT molecular complexity index is 1110. The molecule has 0 saturated heterocycles. The average molecular weight is 426 g/mol. The van der Waals surface area contributed by atoms with E-state index < -0.39 is 0 Å². The van der Waals surface area contributed by atoms with Gasteiger partial charge in [0.05, 0.1) is 28.2 Å². The zero-order valence-corrected chi connectivity index (χ0v) is 16.7. The molecule has 5 nitrogen and oxygen atoms in total. The van der Waals surface area contributed by atoms with E-state index in [9.17, 15) is 0 Å². The molecule has 0 aliphatic rings. The first-order valence-electron chi connectivity index (χ1n) is 8.26. The van der Waals surface area contributed by atoms with Crippen molar-refractivity contribution in [1.29, 1.82) is 0 Å². The fourth-order valence-corrected chi connectivity index (χ4v) is 3.87. The standard InChI is InChI=1S/C20H13Cl2N5S/c21-14-7-15(22)9-17(8-14)27-25-11-16-4-1-5-18(26-16)19-12-24-20(28-19)13-3-2-6-23-10-13/h1-12,27H/b25-11+. The molecule has 0 aliphatic heterocycles. The molecule has 0 spiro atoms. The number of hydrogen-bond acceptors (Lipinski definition) is 6. The number of halogens is 2. The van der Waals surface area contributed by atoms with Crippen molar-refractivity contribution in [3.05, 3.63) is 82.9 Å². The normalized spacial score (nSPS) is 11.1. The van der Waals surface area contributed by atoms with E-state index in [1.807, 2.05) is 36.5 Å². The fourth-order valence-electron chi connectivity index (χ4n) is 2.47. The van der Waals surface area contributed by atoms with Crippen LogP contribution in [0.2, 0.25) is 10.0 Å².